The Morgan fingerprint density at radius 3 is 2.68 bits per heavy atom. The van der Waals surface area contributed by atoms with Gasteiger partial charge in [0.1, 0.15) is 16.5 Å². The fraction of sp³-hybridized carbons (Fsp3) is 0.0435. The van der Waals surface area contributed by atoms with Crippen molar-refractivity contribution in [3.8, 4) is 22.2 Å². The minimum atomic E-state index is -0.155. The van der Waals surface area contributed by atoms with Gasteiger partial charge in [-0.25, -0.2) is 9.97 Å². The molecule has 1 N–H and O–H groups in total. The highest BCUT2D eigenvalue weighted by Crippen LogP contribution is 2.31. The Kier molecular flexibility index (Phi) is 5.39. The standard InChI is InChI=1S/C23H16N4O2S2/c28-21(12-15-14-30-22(25-15)19-8-4-5-11-24-19)27-23-26-18-10-9-17(13-20(18)31-23)29-16-6-2-1-3-7-16/h1-11,13-14H,12H2,(H,26,27,28). The van der Waals surface area contributed by atoms with Crippen LogP contribution >= 0.6 is 22.7 Å². The van der Waals surface area contributed by atoms with Gasteiger partial charge < -0.3 is 10.1 Å². The Morgan fingerprint density at radius 1 is 0.968 bits per heavy atom. The van der Waals surface area contributed by atoms with Crippen molar-refractivity contribution in [3.63, 3.8) is 0 Å². The summed E-state index contributed by atoms with van der Waals surface area (Å²) in [5.74, 6) is 1.34. The van der Waals surface area contributed by atoms with Crippen molar-refractivity contribution in [1.29, 1.82) is 0 Å². The molecule has 0 radical (unpaired) electrons. The highest BCUT2D eigenvalue weighted by atomic mass is 32.1. The topological polar surface area (TPSA) is 77.0 Å². The first kappa shape index (κ1) is 19.3. The molecule has 1 amide bonds. The second-order valence-corrected chi connectivity index (χ2v) is 8.54. The van der Waals surface area contributed by atoms with E-state index in [2.05, 4.69) is 20.3 Å². The van der Waals surface area contributed by atoms with Crippen LogP contribution in [0.1, 0.15) is 5.69 Å². The number of pyridine rings is 1. The fourth-order valence-corrected chi connectivity index (χ4v) is 4.68. The van der Waals surface area contributed by atoms with Crippen LogP contribution < -0.4 is 10.1 Å². The molecule has 0 aliphatic carbocycles. The van der Waals surface area contributed by atoms with E-state index in [0.29, 0.717) is 10.8 Å². The summed E-state index contributed by atoms with van der Waals surface area (Å²) in [6, 6.07) is 21.0. The van der Waals surface area contributed by atoms with E-state index in [1.165, 1.54) is 22.7 Å². The van der Waals surface area contributed by atoms with E-state index in [9.17, 15) is 4.79 Å². The SMILES string of the molecule is O=C(Cc1csc(-c2ccccn2)n1)Nc1nc2ccc(Oc3ccccc3)cc2s1. The average Bonchev–Trinajstić information content (AvgIpc) is 3.41. The molecule has 6 nitrogen and oxygen atoms in total. The average molecular weight is 445 g/mol. The van der Waals surface area contributed by atoms with Crippen molar-refractivity contribution >= 4 is 43.9 Å². The summed E-state index contributed by atoms with van der Waals surface area (Å²) in [6.45, 7) is 0. The van der Waals surface area contributed by atoms with Gasteiger partial charge in [-0.1, -0.05) is 35.6 Å². The number of rotatable bonds is 6. The lowest BCUT2D eigenvalue weighted by atomic mass is 10.3. The molecule has 0 saturated heterocycles. The zero-order valence-electron chi connectivity index (χ0n) is 16.2. The number of fused-ring (bicyclic) bond motifs is 1. The summed E-state index contributed by atoms with van der Waals surface area (Å²) in [5.41, 5.74) is 2.33. The number of benzene rings is 2. The van der Waals surface area contributed by atoms with E-state index in [0.717, 1.165) is 32.4 Å². The fourth-order valence-electron chi connectivity index (χ4n) is 2.97. The molecule has 0 spiro atoms. The van der Waals surface area contributed by atoms with Crippen LogP contribution in [0.3, 0.4) is 0 Å². The number of amides is 1. The third-order valence-electron chi connectivity index (χ3n) is 4.36. The predicted octanol–water partition coefficient (Wildman–Crippen LogP) is 5.79. The molecule has 3 aromatic heterocycles. The number of nitrogens with one attached hydrogen (secondary N) is 1. The van der Waals surface area contributed by atoms with Gasteiger partial charge in [0.2, 0.25) is 5.91 Å². The Morgan fingerprint density at radius 2 is 1.84 bits per heavy atom. The van der Waals surface area contributed by atoms with Crippen LogP contribution in [0.25, 0.3) is 20.9 Å². The normalized spacial score (nSPS) is 10.8. The maximum atomic E-state index is 12.5. The summed E-state index contributed by atoms with van der Waals surface area (Å²) < 4.78 is 6.81. The number of carbonyl (C=O) groups excluding carboxylic acids is 1. The lowest BCUT2D eigenvalue weighted by molar-refractivity contribution is -0.115. The van der Waals surface area contributed by atoms with Crippen LogP contribution in [-0.2, 0) is 11.2 Å². The molecular formula is C23H16N4O2S2. The molecule has 152 valence electrons. The van der Waals surface area contributed by atoms with E-state index in [4.69, 9.17) is 4.74 Å². The first-order chi connectivity index (χ1) is 15.2. The number of carbonyl (C=O) groups is 1. The predicted molar refractivity (Wildman–Crippen MR) is 124 cm³/mol. The van der Waals surface area contributed by atoms with Crippen LogP contribution in [0.2, 0.25) is 0 Å². The molecule has 0 fully saturated rings. The smallest absolute Gasteiger partial charge is 0.232 e. The quantitative estimate of drug-likeness (QED) is 0.359. The van der Waals surface area contributed by atoms with Gasteiger partial charge >= 0.3 is 0 Å². The van der Waals surface area contributed by atoms with Gasteiger partial charge in [-0.3, -0.25) is 9.78 Å². The lowest BCUT2D eigenvalue weighted by Crippen LogP contribution is -2.14. The second kappa shape index (κ2) is 8.63. The van der Waals surface area contributed by atoms with Crippen molar-refractivity contribution in [2.24, 2.45) is 0 Å². The molecule has 0 aliphatic heterocycles. The number of ether oxygens (including phenoxy) is 1. The summed E-state index contributed by atoms with van der Waals surface area (Å²) >= 11 is 2.89. The summed E-state index contributed by atoms with van der Waals surface area (Å²) in [5, 5.41) is 6.11. The van der Waals surface area contributed by atoms with Crippen LogP contribution in [0.15, 0.2) is 78.3 Å². The van der Waals surface area contributed by atoms with Crippen molar-refractivity contribution in [2.75, 3.05) is 5.32 Å². The highest BCUT2D eigenvalue weighted by molar-refractivity contribution is 7.22. The van der Waals surface area contributed by atoms with Crippen molar-refractivity contribution < 1.29 is 9.53 Å². The minimum Gasteiger partial charge on any atom is -0.457 e. The number of hydrogen-bond donors (Lipinski definition) is 1. The van der Waals surface area contributed by atoms with Gasteiger partial charge in [0.25, 0.3) is 0 Å². The van der Waals surface area contributed by atoms with Gasteiger partial charge in [-0.05, 0) is 36.4 Å². The van der Waals surface area contributed by atoms with E-state index in [-0.39, 0.29) is 12.3 Å². The molecular weight excluding hydrogens is 428 g/mol. The minimum absolute atomic E-state index is 0.155. The molecule has 0 bridgehead atoms. The number of thiazole rings is 2. The second-order valence-electron chi connectivity index (χ2n) is 6.65. The van der Waals surface area contributed by atoms with Crippen LogP contribution in [0, 0.1) is 0 Å². The first-order valence-electron chi connectivity index (χ1n) is 9.52. The van der Waals surface area contributed by atoms with Crippen molar-refractivity contribution in [3.05, 3.63) is 84.0 Å². The molecule has 5 rings (SSSR count). The monoisotopic (exact) mass is 444 g/mol. The van der Waals surface area contributed by atoms with E-state index in [1.54, 1.807) is 6.20 Å². The maximum absolute atomic E-state index is 12.5. The van der Waals surface area contributed by atoms with Gasteiger partial charge in [0.15, 0.2) is 5.13 Å². The number of hydrogen-bond acceptors (Lipinski definition) is 7. The number of aromatic nitrogens is 3. The third kappa shape index (κ3) is 4.60. The molecule has 0 saturated carbocycles. The zero-order valence-corrected chi connectivity index (χ0v) is 17.8. The molecule has 0 aliphatic rings. The Balaban J connectivity index is 1.26. The van der Waals surface area contributed by atoms with E-state index < -0.39 is 0 Å². The highest BCUT2D eigenvalue weighted by Gasteiger charge is 2.12. The summed E-state index contributed by atoms with van der Waals surface area (Å²) in [7, 11) is 0. The number of anilines is 1. The Bertz CT molecular complexity index is 1330. The van der Waals surface area contributed by atoms with Crippen molar-refractivity contribution in [2.45, 2.75) is 6.42 Å². The molecule has 3 heterocycles. The molecule has 2 aromatic carbocycles. The Labute approximate surface area is 186 Å². The molecule has 8 heteroatoms. The van der Waals surface area contributed by atoms with Gasteiger partial charge in [0.05, 0.1) is 28.0 Å². The Hall–Kier alpha value is -3.62. The molecule has 31 heavy (non-hydrogen) atoms. The van der Waals surface area contributed by atoms with E-state index in [1.807, 2.05) is 72.1 Å². The molecule has 0 atom stereocenters. The van der Waals surface area contributed by atoms with Crippen LogP contribution in [0.5, 0.6) is 11.5 Å². The van der Waals surface area contributed by atoms with E-state index >= 15 is 0 Å². The summed E-state index contributed by atoms with van der Waals surface area (Å²) in [6.07, 6.45) is 1.91. The van der Waals surface area contributed by atoms with Gasteiger partial charge in [-0.2, -0.15) is 0 Å². The summed E-state index contributed by atoms with van der Waals surface area (Å²) in [4.78, 5) is 25.8. The first-order valence-corrected chi connectivity index (χ1v) is 11.2. The van der Waals surface area contributed by atoms with Gasteiger partial charge in [0, 0.05) is 17.6 Å². The number of para-hydroxylation sites is 1. The lowest BCUT2D eigenvalue weighted by Gasteiger charge is -2.04. The third-order valence-corrected chi connectivity index (χ3v) is 6.21. The maximum Gasteiger partial charge on any atom is 0.232 e. The van der Waals surface area contributed by atoms with Crippen LogP contribution in [-0.4, -0.2) is 20.9 Å². The van der Waals surface area contributed by atoms with Crippen molar-refractivity contribution in [1.82, 2.24) is 15.0 Å². The van der Waals surface area contributed by atoms with Gasteiger partial charge in [-0.15, -0.1) is 11.3 Å². The zero-order chi connectivity index (χ0) is 21.0. The van der Waals surface area contributed by atoms with Crippen LogP contribution in [0.4, 0.5) is 5.13 Å². The molecule has 0 unspecified atom stereocenters. The molecule has 5 aromatic rings. The number of nitrogens with zero attached hydrogens (tertiary/aromatic N) is 3. The largest absolute Gasteiger partial charge is 0.457 e.